The highest BCUT2D eigenvalue weighted by Gasteiger charge is 2.18. The molecule has 0 bridgehead atoms. The number of halogens is 1. The molecule has 2 nitrogen and oxygen atoms in total. The van der Waals surface area contributed by atoms with E-state index in [1.165, 1.54) is 0 Å². The molecule has 0 fully saturated rings. The molecule has 0 aliphatic rings. The predicted molar refractivity (Wildman–Crippen MR) is 73.4 cm³/mol. The second-order valence-corrected chi connectivity index (χ2v) is 4.97. The van der Waals surface area contributed by atoms with Crippen LogP contribution < -0.4 is 5.32 Å². The summed E-state index contributed by atoms with van der Waals surface area (Å²) in [7, 11) is 0. The molecule has 1 aromatic carbocycles. The Bertz CT molecular complexity index is 367. The topological polar surface area (TPSA) is 21.3 Å². The summed E-state index contributed by atoms with van der Waals surface area (Å²) in [5.74, 6) is -0.147. The van der Waals surface area contributed by atoms with Crippen molar-refractivity contribution in [3.63, 3.8) is 0 Å². The Hall–Kier alpha value is -0.930. The molecular weight excluding hydrogens is 229 g/mol. The first-order valence-corrected chi connectivity index (χ1v) is 6.57. The quantitative estimate of drug-likeness (QED) is 0.837. The number of hydrogen-bond acceptors (Lipinski definition) is 2. The van der Waals surface area contributed by atoms with Crippen molar-refractivity contribution in [3.05, 3.63) is 34.6 Å². The van der Waals surface area contributed by atoms with Gasteiger partial charge in [-0.15, -0.1) is 0 Å². The summed E-state index contributed by atoms with van der Waals surface area (Å²) < 4.78 is 19.7. The lowest BCUT2D eigenvalue weighted by atomic mass is 9.98. The summed E-state index contributed by atoms with van der Waals surface area (Å²) in [5.41, 5.74) is 2.66. The maximum atomic E-state index is 14.1. The van der Waals surface area contributed by atoms with Crippen LogP contribution in [0.3, 0.4) is 0 Å². The molecule has 102 valence electrons. The maximum absolute atomic E-state index is 14.1. The molecule has 0 aromatic heterocycles. The van der Waals surface area contributed by atoms with Gasteiger partial charge in [0.1, 0.15) is 5.82 Å². The minimum atomic E-state index is -0.147. The summed E-state index contributed by atoms with van der Waals surface area (Å²) in [6.07, 6.45) is 0.153. The first kappa shape index (κ1) is 15.1. The van der Waals surface area contributed by atoms with Crippen molar-refractivity contribution in [3.8, 4) is 0 Å². The normalized spacial score (nSPS) is 13.1. The standard InChI is InChI=1S/C15H24FNO/c1-6-17-14(9-18-10(2)3)15-12(5)7-11(4)8-13(15)16/h7-8,10,14,17H,6,9H2,1-5H3. The minimum Gasteiger partial charge on any atom is -0.377 e. The van der Waals surface area contributed by atoms with Gasteiger partial charge < -0.3 is 10.1 Å². The molecule has 1 aromatic rings. The number of likely N-dealkylation sites (N-methyl/N-ethyl adjacent to an activating group) is 1. The van der Waals surface area contributed by atoms with Gasteiger partial charge in [-0.3, -0.25) is 0 Å². The van der Waals surface area contributed by atoms with E-state index >= 15 is 0 Å². The number of benzene rings is 1. The molecule has 0 radical (unpaired) electrons. The van der Waals surface area contributed by atoms with Gasteiger partial charge in [0, 0.05) is 5.56 Å². The second-order valence-electron chi connectivity index (χ2n) is 4.97. The van der Waals surface area contributed by atoms with Crippen molar-refractivity contribution in [2.75, 3.05) is 13.2 Å². The van der Waals surface area contributed by atoms with Gasteiger partial charge in [-0.25, -0.2) is 4.39 Å². The Morgan fingerprint density at radius 1 is 1.28 bits per heavy atom. The van der Waals surface area contributed by atoms with Crippen LogP contribution in [0.2, 0.25) is 0 Å². The molecule has 0 amide bonds. The molecule has 0 spiro atoms. The zero-order valence-electron chi connectivity index (χ0n) is 12.0. The van der Waals surface area contributed by atoms with Gasteiger partial charge in [-0.2, -0.15) is 0 Å². The molecule has 1 unspecified atom stereocenters. The fraction of sp³-hybridized carbons (Fsp3) is 0.600. The van der Waals surface area contributed by atoms with Crippen LogP contribution in [0.25, 0.3) is 0 Å². The van der Waals surface area contributed by atoms with Crippen molar-refractivity contribution in [1.82, 2.24) is 5.32 Å². The third kappa shape index (κ3) is 4.07. The van der Waals surface area contributed by atoms with Crippen LogP contribution in [0.1, 0.15) is 43.5 Å². The molecule has 1 rings (SSSR count). The monoisotopic (exact) mass is 253 g/mol. The Morgan fingerprint density at radius 3 is 2.44 bits per heavy atom. The smallest absolute Gasteiger partial charge is 0.128 e. The Morgan fingerprint density at radius 2 is 1.94 bits per heavy atom. The number of hydrogen-bond donors (Lipinski definition) is 1. The van der Waals surface area contributed by atoms with Gasteiger partial charge in [0.15, 0.2) is 0 Å². The van der Waals surface area contributed by atoms with E-state index in [0.717, 1.165) is 23.2 Å². The van der Waals surface area contributed by atoms with E-state index in [0.29, 0.717) is 6.61 Å². The lowest BCUT2D eigenvalue weighted by Crippen LogP contribution is -2.28. The van der Waals surface area contributed by atoms with Crippen LogP contribution in [0.15, 0.2) is 12.1 Å². The molecule has 1 atom stereocenters. The number of rotatable bonds is 6. The summed E-state index contributed by atoms with van der Waals surface area (Å²) in [6.45, 7) is 11.1. The van der Waals surface area contributed by atoms with Crippen molar-refractivity contribution in [2.45, 2.75) is 46.8 Å². The molecule has 0 heterocycles. The highest BCUT2D eigenvalue weighted by molar-refractivity contribution is 5.34. The van der Waals surface area contributed by atoms with Crippen molar-refractivity contribution < 1.29 is 9.13 Å². The average molecular weight is 253 g/mol. The lowest BCUT2D eigenvalue weighted by Gasteiger charge is -2.22. The van der Waals surface area contributed by atoms with Crippen molar-refractivity contribution >= 4 is 0 Å². The fourth-order valence-corrected chi connectivity index (χ4v) is 2.15. The molecule has 1 N–H and O–H groups in total. The largest absolute Gasteiger partial charge is 0.377 e. The predicted octanol–water partition coefficient (Wildman–Crippen LogP) is 3.52. The van der Waals surface area contributed by atoms with Crippen molar-refractivity contribution in [2.24, 2.45) is 0 Å². The SMILES string of the molecule is CCNC(COC(C)C)c1c(C)cc(C)cc1F. The van der Waals surface area contributed by atoms with E-state index < -0.39 is 0 Å². The highest BCUT2D eigenvalue weighted by atomic mass is 19.1. The second kappa shape index (κ2) is 6.86. The van der Waals surface area contributed by atoms with Gasteiger partial charge in [0.25, 0.3) is 0 Å². The van der Waals surface area contributed by atoms with E-state index in [1.54, 1.807) is 6.07 Å². The van der Waals surface area contributed by atoms with Gasteiger partial charge in [0.05, 0.1) is 18.8 Å². The zero-order chi connectivity index (χ0) is 13.7. The third-order valence-corrected chi connectivity index (χ3v) is 2.88. The van der Waals surface area contributed by atoms with E-state index in [2.05, 4.69) is 5.32 Å². The highest BCUT2D eigenvalue weighted by Crippen LogP contribution is 2.23. The van der Waals surface area contributed by atoms with Crippen LogP contribution in [-0.2, 0) is 4.74 Å². The van der Waals surface area contributed by atoms with Crippen LogP contribution in [0.4, 0.5) is 4.39 Å². The van der Waals surface area contributed by atoms with Gasteiger partial charge in [0.2, 0.25) is 0 Å². The third-order valence-electron chi connectivity index (χ3n) is 2.88. The van der Waals surface area contributed by atoms with E-state index in [-0.39, 0.29) is 18.0 Å². The molecule has 0 saturated carbocycles. The molecule has 0 saturated heterocycles. The van der Waals surface area contributed by atoms with Crippen molar-refractivity contribution in [1.29, 1.82) is 0 Å². The maximum Gasteiger partial charge on any atom is 0.128 e. The van der Waals surface area contributed by atoms with E-state index in [1.807, 2.05) is 40.7 Å². The van der Waals surface area contributed by atoms with Gasteiger partial charge in [-0.05, 0) is 51.4 Å². The Labute approximate surface area is 110 Å². The summed E-state index contributed by atoms with van der Waals surface area (Å²) in [4.78, 5) is 0. The van der Waals surface area contributed by atoms with Gasteiger partial charge >= 0.3 is 0 Å². The summed E-state index contributed by atoms with van der Waals surface area (Å²) >= 11 is 0. The first-order chi connectivity index (χ1) is 8.45. The Balaban J connectivity index is 2.97. The van der Waals surface area contributed by atoms with Crippen LogP contribution in [-0.4, -0.2) is 19.3 Å². The average Bonchev–Trinajstić information content (AvgIpc) is 2.24. The lowest BCUT2D eigenvalue weighted by molar-refractivity contribution is 0.0606. The van der Waals surface area contributed by atoms with Crippen LogP contribution in [0.5, 0.6) is 0 Å². The first-order valence-electron chi connectivity index (χ1n) is 6.57. The number of nitrogens with one attached hydrogen (secondary N) is 1. The summed E-state index contributed by atoms with van der Waals surface area (Å²) in [5, 5.41) is 3.29. The molecule has 18 heavy (non-hydrogen) atoms. The molecule has 0 aliphatic carbocycles. The Kier molecular flexibility index (Phi) is 5.76. The minimum absolute atomic E-state index is 0.0852. The molecule has 3 heteroatoms. The summed E-state index contributed by atoms with van der Waals surface area (Å²) in [6, 6.07) is 3.51. The molecular formula is C15H24FNO. The van der Waals surface area contributed by atoms with E-state index in [4.69, 9.17) is 4.74 Å². The van der Waals surface area contributed by atoms with E-state index in [9.17, 15) is 4.39 Å². The number of aryl methyl sites for hydroxylation is 2. The molecule has 0 aliphatic heterocycles. The van der Waals surface area contributed by atoms with Crippen LogP contribution >= 0.6 is 0 Å². The van der Waals surface area contributed by atoms with Crippen LogP contribution in [0, 0.1) is 19.7 Å². The zero-order valence-corrected chi connectivity index (χ0v) is 12.0. The van der Waals surface area contributed by atoms with Gasteiger partial charge in [-0.1, -0.05) is 13.0 Å². The fourth-order valence-electron chi connectivity index (χ4n) is 2.15. The number of ether oxygens (including phenoxy) is 1.